The molecule has 0 saturated carbocycles. The minimum absolute atomic E-state index is 0.0970. The Kier molecular flexibility index (Phi) is 4.70. The van der Waals surface area contributed by atoms with Gasteiger partial charge in [0.2, 0.25) is 0 Å². The van der Waals surface area contributed by atoms with E-state index >= 15 is 0 Å². The van der Waals surface area contributed by atoms with Gasteiger partial charge in [-0.3, -0.25) is 9.13 Å². The Balaban J connectivity index is 2.18. The second-order valence-corrected chi connectivity index (χ2v) is 5.40. The van der Waals surface area contributed by atoms with E-state index in [2.05, 4.69) is 6.58 Å². The van der Waals surface area contributed by atoms with Crippen molar-refractivity contribution in [2.24, 2.45) is 0 Å². The third-order valence-corrected chi connectivity index (χ3v) is 3.67. The zero-order chi connectivity index (χ0) is 16.3. The lowest BCUT2D eigenvalue weighted by Gasteiger charge is -2.12. The van der Waals surface area contributed by atoms with Crippen LogP contribution in [0.3, 0.4) is 0 Å². The topological polar surface area (TPSA) is 67.5 Å². The van der Waals surface area contributed by atoms with Gasteiger partial charge in [0.25, 0.3) is 0 Å². The largest absolute Gasteiger partial charge is 0.465 e. The van der Waals surface area contributed by atoms with Crippen molar-refractivity contribution in [3.8, 4) is 0 Å². The van der Waals surface area contributed by atoms with Gasteiger partial charge in [0.15, 0.2) is 0 Å². The number of hydrogen-bond donors (Lipinski definition) is 1. The number of hydrogen-bond acceptors (Lipinski definition) is 2. The molecule has 0 fully saturated rings. The van der Waals surface area contributed by atoms with Gasteiger partial charge in [0.1, 0.15) is 0 Å². The van der Waals surface area contributed by atoms with Crippen molar-refractivity contribution < 1.29 is 9.90 Å². The lowest BCUT2D eigenvalue weighted by Crippen LogP contribution is -2.26. The molecule has 2 rings (SSSR count). The molecule has 1 aromatic heterocycles. The number of carbonyl (C=O) groups is 1. The second-order valence-electron chi connectivity index (χ2n) is 5.40. The molecule has 1 amide bonds. The summed E-state index contributed by atoms with van der Waals surface area (Å²) in [6.07, 6.45) is 0.514. The first-order chi connectivity index (χ1) is 10.4. The van der Waals surface area contributed by atoms with Gasteiger partial charge in [-0.05, 0) is 31.9 Å². The van der Waals surface area contributed by atoms with Crippen LogP contribution in [0.15, 0.2) is 35.6 Å². The van der Waals surface area contributed by atoms with E-state index in [1.807, 2.05) is 24.3 Å². The summed E-state index contributed by atoms with van der Waals surface area (Å²) in [5, 5.41) is 8.81. The molecular formula is C16H21N3O3. The van der Waals surface area contributed by atoms with Crippen molar-refractivity contribution in [1.29, 1.82) is 0 Å². The van der Waals surface area contributed by atoms with Gasteiger partial charge < -0.3 is 10.0 Å². The third kappa shape index (κ3) is 3.05. The molecule has 0 saturated heterocycles. The van der Waals surface area contributed by atoms with Gasteiger partial charge in [0.05, 0.1) is 11.0 Å². The quantitative estimate of drug-likeness (QED) is 0.834. The highest BCUT2D eigenvalue weighted by atomic mass is 16.4. The molecule has 1 heterocycles. The first kappa shape index (κ1) is 15.9. The summed E-state index contributed by atoms with van der Waals surface area (Å²) in [4.78, 5) is 24.5. The van der Waals surface area contributed by atoms with Gasteiger partial charge in [-0.25, -0.2) is 9.59 Å². The maximum atomic E-state index is 12.5. The number of aryl methyl sites for hydroxylation is 1. The van der Waals surface area contributed by atoms with Crippen molar-refractivity contribution in [2.75, 3.05) is 13.6 Å². The van der Waals surface area contributed by atoms with E-state index in [0.29, 0.717) is 25.2 Å². The number of unbranched alkanes of at least 4 members (excludes halogenated alkanes) is 1. The summed E-state index contributed by atoms with van der Waals surface area (Å²) in [7, 11) is 1.54. The molecule has 0 atom stereocenters. The fourth-order valence-corrected chi connectivity index (χ4v) is 2.51. The van der Waals surface area contributed by atoms with Crippen LogP contribution in [0.2, 0.25) is 0 Å². The predicted octanol–water partition coefficient (Wildman–Crippen LogP) is 2.68. The number of aromatic nitrogens is 2. The van der Waals surface area contributed by atoms with Gasteiger partial charge in [-0.2, -0.15) is 0 Å². The van der Waals surface area contributed by atoms with Crippen LogP contribution in [0.4, 0.5) is 4.79 Å². The van der Waals surface area contributed by atoms with Crippen LogP contribution in [0.25, 0.3) is 16.7 Å². The average molecular weight is 303 g/mol. The molecule has 0 aliphatic rings. The number of allylic oxidation sites excluding steroid dienone is 1. The molecule has 22 heavy (non-hydrogen) atoms. The minimum Gasteiger partial charge on any atom is -0.465 e. The van der Waals surface area contributed by atoms with Crippen LogP contribution in [-0.4, -0.2) is 38.8 Å². The van der Waals surface area contributed by atoms with Crippen molar-refractivity contribution in [3.05, 3.63) is 41.3 Å². The van der Waals surface area contributed by atoms with E-state index in [1.54, 1.807) is 23.1 Å². The highest BCUT2D eigenvalue weighted by Gasteiger charge is 2.13. The van der Waals surface area contributed by atoms with Crippen LogP contribution < -0.4 is 5.69 Å². The molecule has 0 spiro atoms. The summed E-state index contributed by atoms with van der Waals surface area (Å²) in [5.74, 6) is 0. The fourth-order valence-electron chi connectivity index (χ4n) is 2.51. The summed E-state index contributed by atoms with van der Waals surface area (Å²) in [5.41, 5.74) is 2.32. The number of para-hydroxylation sites is 2. The van der Waals surface area contributed by atoms with Crippen molar-refractivity contribution in [3.63, 3.8) is 0 Å². The van der Waals surface area contributed by atoms with E-state index in [0.717, 1.165) is 17.5 Å². The second kappa shape index (κ2) is 6.51. The Hall–Kier alpha value is -2.50. The van der Waals surface area contributed by atoms with Crippen molar-refractivity contribution in [1.82, 2.24) is 14.0 Å². The van der Waals surface area contributed by atoms with Crippen LogP contribution in [0.1, 0.15) is 19.8 Å². The number of amides is 1. The SMILES string of the molecule is C=C(C)n1c(=O)n(CCCCN(C)C(=O)O)c2ccccc21. The Morgan fingerprint density at radius 3 is 2.50 bits per heavy atom. The Bertz CT molecular complexity index is 758. The molecule has 6 nitrogen and oxygen atoms in total. The highest BCUT2D eigenvalue weighted by molar-refractivity contribution is 5.79. The van der Waals surface area contributed by atoms with Crippen molar-refractivity contribution >= 4 is 22.8 Å². The number of imidazole rings is 1. The molecule has 0 bridgehead atoms. The zero-order valence-electron chi connectivity index (χ0n) is 13.0. The lowest BCUT2D eigenvalue weighted by molar-refractivity contribution is 0.155. The van der Waals surface area contributed by atoms with E-state index in [-0.39, 0.29) is 5.69 Å². The van der Waals surface area contributed by atoms with Crippen LogP contribution in [0.5, 0.6) is 0 Å². The summed E-state index contributed by atoms with van der Waals surface area (Å²) in [6, 6.07) is 7.62. The van der Waals surface area contributed by atoms with Crippen LogP contribution in [-0.2, 0) is 6.54 Å². The molecule has 0 aliphatic carbocycles. The minimum atomic E-state index is -0.934. The number of rotatable bonds is 6. The summed E-state index contributed by atoms with van der Waals surface area (Å²) >= 11 is 0. The average Bonchev–Trinajstić information content (AvgIpc) is 2.75. The molecule has 6 heteroatoms. The van der Waals surface area contributed by atoms with Gasteiger partial charge in [0, 0.05) is 25.8 Å². The van der Waals surface area contributed by atoms with Gasteiger partial charge in [-0.1, -0.05) is 18.7 Å². The van der Waals surface area contributed by atoms with E-state index < -0.39 is 6.09 Å². The van der Waals surface area contributed by atoms with Crippen LogP contribution in [0, 0.1) is 0 Å². The monoisotopic (exact) mass is 303 g/mol. The molecule has 2 aromatic rings. The molecule has 1 aromatic carbocycles. The molecule has 0 aliphatic heterocycles. The number of fused-ring (bicyclic) bond motifs is 1. The third-order valence-electron chi connectivity index (χ3n) is 3.67. The standard InChI is InChI=1S/C16H21N3O3/c1-12(2)19-14-9-5-4-8-13(14)18(15(19)20)11-7-6-10-17(3)16(21)22/h4-5,8-9H,1,6-7,10-11H2,2-3H3,(H,21,22). The maximum absolute atomic E-state index is 12.5. The van der Waals surface area contributed by atoms with E-state index in [4.69, 9.17) is 5.11 Å². The Morgan fingerprint density at radius 2 is 1.91 bits per heavy atom. The smallest absolute Gasteiger partial charge is 0.407 e. The molecule has 1 N–H and O–H groups in total. The summed E-state index contributed by atoms with van der Waals surface area (Å²) in [6.45, 7) is 6.70. The number of nitrogens with zero attached hydrogens (tertiary/aromatic N) is 3. The van der Waals surface area contributed by atoms with E-state index in [1.165, 1.54) is 4.90 Å². The molecule has 0 radical (unpaired) electrons. The van der Waals surface area contributed by atoms with Gasteiger partial charge in [-0.15, -0.1) is 0 Å². The Labute approximate surface area is 128 Å². The fraction of sp³-hybridized carbons (Fsp3) is 0.375. The maximum Gasteiger partial charge on any atom is 0.407 e. The van der Waals surface area contributed by atoms with Crippen molar-refractivity contribution in [2.45, 2.75) is 26.3 Å². The lowest BCUT2D eigenvalue weighted by atomic mass is 10.2. The van der Waals surface area contributed by atoms with E-state index in [9.17, 15) is 9.59 Å². The number of carboxylic acid groups (broad SMARTS) is 1. The molecular weight excluding hydrogens is 282 g/mol. The first-order valence-corrected chi connectivity index (χ1v) is 7.23. The predicted molar refractivity (Wildman–Crippen MR) is 87.1 cm³/mol. The zero-order valence-corrected chi connectivity index (χ0v) is 13.0. The molecule has 118 valence electrons. The van der Waals surface area contributed by atoms with Gasteiger partial charge >= 0.3 is 11.8 Å². The Morgan fingerprint density at radius 1 is 1.27 bits per heavy atom. The first-order valence-electron chi connectivity index (χ1n) is 7.23. The highest BCUT2D eigenvalue weighted by Crippen LogP contribution is 2.16. The normalized spacial score (nSPS) is 10.8. The van der Waals surface area contributed by atoms with Crippen LogP contribution >= 0.6 is 0 Å². The molecule has 0 unspecified atom stereocenters. The summed E-state index contributed by atoms with van der Waals surface area (Å²) < 4.78 is 3.34. The number of benzene rings is 1.